The van der Waals surface area contributed by atoms with Crippen molar-refractivity contribution in [2.45, 2.75) is 52.4 Å². The standard InChI is InChI=1S/C19H25ClN2O2/c1-3-4-5-6-7-10-13-21-19(23)17-14(2)24-22-18(17)15-11-8-9-12-16(15)20/h8-9,11-12H,3-7,10,13H2,1-2H3,(H,21,23). The van der Waals surface area contributed by atoms with Gasteiger partial charge in [-0.25, -0.2) is 0 Å². The molecule has 0 saturated carbocycles. The number of benzene rings is 1. The van der Waals surface area contributed by atoms with E-state index in [-0.39, 0.29) is 5.91 Å². The van der Waals surface area contributed by atoms with Gasteiger partial charge in [-0.1, -0.05) is 74.0 Å². The molecule has 0 radical (unpaired) electrons. The highest BCUT2D eigenvalue weighted by atomic mass is 35.5. The lowest BCUT2D eigenvalue weighted by molar-refractivity contribution is 0.0952. The molecular weight excluding hydrogens is 324 g/mol. The Morgan fingerprint density at radius 2 is 1.88 bits per heavy atom. The Kier molecular flexibility index (Phi) is 7.32. The lowest BCUT2D eigenvalue weighted by Gasteiger charge is -2.07. The molecular formula is C19H25ClN2O2. The lowest BCUT2D eigenvalue weighted by atomic mass is 10.1. The van der Waals surface area contributed by atoms with Crippen LogP contribution < -0.4 is 5.32 Å². The van der Waals surface area contributed by atoms with Gasteiger partial charge in [-0.15, -0.1) is 0 Å². The summed E-state index contributed by atoms with van der Waals surface area (Å²) in [6, 6.07) is 7.32. The van der Waals surface area contributed by atoms with Gasteiger partial charge in [0.15, 0.2) is 0 Å². The van der Waals surface area contributed by atoms with Crippen molar-refractivity contribution >= 4 is 17.5 Å². The van der Waals surface area contributed by atoms with Gasteiger partial charge in [0.05, 0.1) is 5.02 Å². The second-order valence-corrected chi connectivity index (χ2v) is 6.37. The van der Waals surface area contributed by atoms with Crippen LogP contribution in [0.15, 0.2) is 28.8 Å². The van der Waals surface area contributed by atoms with E-state index in [1.54, 1.807) is 13.0 Å². The van der Waals surface area contributed by atoms with Crippen LogP contribution in [0.4, 0.5) is 0 Å². The highest BCUT2D eigenvalue weighted by Gasteiger charge is 2.22. The summed E-state index contributed by atoms with van der Waals surface area (Å²) in [6.07, 6.45) is 7.15. The molecule has 0 aliphatic carbocycles. The first-order valence-electron chi connectivity index (χ1n) is 8.64. The van der Waals surface area contributed by atoms with Crippen molar-refractivity contribution < 1.29 is 9.32 Å². The molecule has 1 amide bonds. The van der Waals surface area contributed by atoms with Crippen LogP contribution >= 0.6 is 11.6 Å². The summed E-state index contributed by atoms with van der Waals surface area (Å²) < 4.78 is 5.23. The molecule has 130 valence electrons. The monoisotopic (exact) mass is 348 g/mol. The van der Waals surface area contributed by atoms with Crippen molar-refractivity contribution in [3.63, 3.8) is 0 Å². The third-order valence-electron chi connectivity index (χ3n) is 4.03. The first-order valence-corrected chi connectivity index (χ1v) is 9.02. The molecule has 0 aliphatic heterocycles. The topological polar surface area (TPSA) is 55.1 Å². The van der Waals surface area contributed by atoms with Crippen LogP contribution in [0.5, 0.6) is 0 Å². The molecule has 1 aromatic carbocycles. The molecule has 1 aromatic heterocycles. The van der Waals surface area contributed by atoms with Crippen molar-refractivity contribution in [2.24, 2.45) is 0 Å². The number of rotatable bonds is 9. The maximum Gasteiger partial charge on any atom is 0.257 e. The average molecular weight is 349 g/mol. The van der Waals surface area contributed by atoms with Crippen LogP contribution in [-0.2, 0) is 0 Å². The minimum absolute atomic E-state index is 0.155. The molecule has 0 unspecified atom stereocenters. The van der Waals surface area contributed by atoms with E-state index in [1.165, 1.54) is 25.7 Å². The molecule has 0 aliphatic rings. The van der Waals surface area contributed by atoms with Gasteiger partial charge in [-0.2, -0.15) is 0 Å². The third-order valence-corrected chi connectivity index (χ3v) is 4.36. The molecule has 1 heterocycles. The number of hydrogen-bond donors (Lipinski definition) is 1. The molecule has 0 bridgehead atoms. The molecule has 0 spiro atoms. The summed E-state index contributed by atoms with van der Waals surface area (Å²) in [7, 11) is 0. The zero-order valence-electron chi connectivity index (χ0n) is 14.4. The average Bonchev–Trinajstić information content (AvgIpc) is 2.96. The summed E-state index contributed by atoms with van der Waals surface area (Å²) in [5.41, 5.74) is 1.67. The Balaban J connectivity index is 1.96. The molecule has 5 heteroatoms. The first kappa shape index (κ1) is 18.5. The van der Waals surface area contributed by atoms with Gasteiger partial charge in [-0.05, 0) is 19.4 Å². The van der Waals surface area contributed by atoms with Crippen molar-refractivity contribution in [1.82, 2.24) is 10.5 Å². The van der Waals surface area contributed by atoms with Gasteiger partial charge in [0.2, 0.25) is 0 Å². The normalized spacial score (nSPS) is 10.8. The number of aryl methyl sites for hydroxylation is 1. The maximum absolute atomic E-state index is 12.5. The van der Waals surface area contributed by atoms with Crippen LogP contribution in [0.1, 0.15) is 61.6 Å². The van der Waals surface area contributed by atoms with Crippen molar-refractivity contribution in [3.05, 3.63) is 40.6 Å². The zero-order valence-corrected chi connectivity index (χ0v) is 15.2. The number of nitrogens with one attached hydrogen (secondary N) is 1. The zero-order chi connectivity index (χ0) is 17.4. The van der Waals surface area contributed by atoms with Crippen LogP contribution in [0, 0.1) is 6.92 Å². The molecule has 0 atom stereocenters. The second-order valence-electron chi connectivity index (χ2n) is 5.97. The van der Waals surface area contributed by atoms with E-state index in [2.05, 4.69) is 17.4 Å². The Hall–Kier alpha value is -1.81. The number of hydrogen-bond acceptors (Lipinski definition) is 3. The van der Waals surface area contributed by atoms with E-state index in [0.29, 0.717) is 34.1 Å². The fourth-order valence-electron chi connectivity index (χ4n) is 2.67. The molecule has 2 aromatic rings. The highest BCUT2D eigenvalue weighted by molar-refractivity contribution is 6.33. The van der Waals surface area contributed by atoms with Crippen LogP contribution in [-0.4, -0.2) is 17.6 Å². The molecule has 4 nitrogen and oxygen atoms in total. The first-order chi connectivity index (χ1) is 11.6. The minimum atomic E-state index is -0.155. The summed E-state index contributed by atoms with van der Waals surface area (Å²) in [5.74, 6) is 0.350. The van der Waals surface area contributed by atoms with Crippen LogP contribution in [0.25, 0.3) is 11.3 Å². The maximum atomic E-state index is 12.5. The van der Waals surface area contributed by atoms with Gasteiger partial charge in [0.1, 0.15) is 17.0 Å². The van der Waals surface area contributed by atoms with Crippen molar-refractivity contribution in [1.29, 1.82) is 0 Å². The van der Waals surface area contributed by atoms with Crippen LogP contribution in [0.3, 0.4) is 0 Å². The van der Waals surface area contributed by atoms with Gasteiger partial charge >= 0.3 is 0 Å². The number of amides is 1. The fraction of sp³-hybridized carbons (Fsp3) is 0.474. The summed E-state index contributed by atoms with van der Waals surface area (Å²) in [6.45, 7) is 4.61. The van der Waals surface area contributed by atoms with E-state index in [9.17, 15) is 4.79 Å². The van der Waals surface area contributed by atoms with Crippen molar-refractivity contribution in [2.75, 3.05) is 6.54 Å². The number of unbranched alkanes of at least 4 members (excludes halogenated alkanes) is 5. The van der Waals surface area contributed by atoms with Gasteiger partial charge in [0.25, 0.3) is 5.91 Å². The summed E-state index contributed by atoms with van der Waals surface area (Å²) >= 11 is 6.22. The minimum Gasteiger partial charge on any atom is -0.360 e. The SMILES string of the molecule is CCCCCCCCNC(=O)c1c(-c2ccccc2Cl)noc1C. The van der Waals surface area contributed by atoms with Gasteiger partial charge < -0.3 is 9.84 Å². The number of carbonyl (C=O) groups excluding carboxylic acids is 1. The highest BCUT2D eigenvalue weighted by Crippen LogP contribution is 2.30. The van der Waals surface area contributed by atoms with Crippen LogP contribution in [0.2, 0.25) is 5.02 Å². The number of halogens is 1. The number of nitrogens with zero attached hydrogens (tertiary/aromatic N) is 1. The Bertz CT molecular complexity index is 667. The molecule has 2 rings (SSSR count). The smallest absolute Gasteiger partial charge is 0.257 e. The second kappa shape index (κ2) is 9.48. The van der Waals surface area contributed by atoms with Crippen molar-refractivity contribution in [3.8, 4) is 11.3 Å². The summed E-state index contributed by atoms with van der Waals surface area (Å²) in [4.78, 5) is 12.5. The Labute approximate surface area is 148 Å². The largest absolute Gasteiger partial charge is 0.360 e. The van der Waals surface area contributed by atoms with E-state index < -0.39 is 0 Å². The molecule has 1 N–H and O–H groups in total. The van der Waals surface area contributed by atoms with Gasteiger partial charge in [0, 0.05) is 12.1 Å². The van der Waals surface area contributed by atoms with E-state index in [4.69, 9.17) is 16.1 Å². The quantitative estimate of drug-likeness (QED) is 0.618. The number of carbonyl (C=O) groups is 1. The van der Waals surface area contributed by atoms with E-state index >= 15 is 0 Å². The van der Waals surface area contributed by atoms with Gasteiger partial charge in [-0.3, -0.25) is 4.79 Å². The Morgan fingerprint density at radius 1 is 1.17 bits per heavy atom. The predicted octanol–water partition coefficient (Wildman–Crippen LogP) is 5.39. The molecule has 24 heavy (non-hydrogen) atoms. The Morgan fingerprint density at radius 3 is 2.62 bits per heavy atom. The fourth-order valence-corrected chi connectivity index (χ4v) is 2.90. The molecule has 0 saturated heterocycles. The summed E-state index contributed by atoms with van der Waals surface area (Å²) in [5, 5.41) is 7.54. The van der Waals surface area contributed by atoms with E-state index in [0.717, 1.165) is 12.8 Å². The van der Waals surface area contributed by atoms with E-state index in [1.807, 2.05) is 18.2 Å². The third kappa shape index (κ3) is 4.84. The lowest BCUT2D eigenvalue weighted by Crippen LogP contribution is -2.25. The molecule has 0 fully saturated rings. The number of aromatic nitrogens is 1. The predicted molar refractivity (Wildman–Crippen MR) is 97.4 cm³/mol.